The van der Waals surface area contributed by atoms with Crippen molar-refractivity contribution in [3.8, 4) is 0 Å². The molecule has 20 heavy (non-hydrogen) atoms. The van der Waals surface area contributed by atoms with E-state index in [1.807, 2.05) is 6.92 Å². The highest BCUT2D eigenvalue weighted by Crippen LogP contribution is 2.14. The molecule has 110 valence electrons. The first-order valence-electron chi connectivity index (χ1n) is 6.63. The van der Waals surface area contributed by atoms with Crippen LogP contribution in [0, 0.1) is 0 Å². The van der Waals surface area contributed by atoms with Crippen molar-refractivity contribution >= 4 is 17.1 Å². The number of aryl methyl sites for hydroxylation is 2. The molecule has 0 unspecified atom stereocenters. The molecule has 0 fully saturated rings. The second-order valence-corrected chi connectivity index (χ2v) is 4.63. The zero-order chi connectivity index (χ0) is 14.9. The third-order valence-corrected chi connectivity index (χ3v) is 3.33. The van der Waals surface area contributed by atoms with E-state index in [1.165, 1.54) is 11.6 Å². The Morgan fingerprint density at radius 3 is 2.55 bits per heavy atom. The Bertz CT molecular complexity index is 739. The van der Waals surface area contributed by atoms with E-state index in [1.54, 1.807) is 11.6 Å². The summed E-state index contributed by atoms with van der Waals surface area (Å²) < 4.78 is 4.27. The van der Waals surface area contributed by atoms with Crippen LogP contribution in [0.2, 0.25) is 0 Å². The van der Waals surface area contributed by atoms with Gasteiger partial charge in [0.1, 0.15) is 0 Å². The minimum Gasteiger partial charge on any atom is -0.356 e. The van der Waals surface area contributed by atoms with Crippen LogP contribution in [0.1, 0.15) is 13.3 Å². The smallest absolute Gasteiger partial charge is 0.332 e. The molecule has 0 bridgehead atoms. The zero-order valence-electron chi connectivity index (χ0n) is 12.0. The first-order valence-corrected chi connectivity index (χ1v) is 6.63. The lowest BCUT2D eigenvalue weighted by Crippen LogP contribution is -2.37. The Hall–Kier alpha value is -2.09. The Labute approximate surface area is 115 Å². The van der Waals surface area contributed by atoms with Gasteiger partial charge in [0.25, 0.3) is 5.56 Å². The predicted molar refractivity (Wildman–Crippen MR) is 78.1 cm³/mol. The van der Waals surface area contributed by atoms with Crippen LogP contribution in [0.3, 0.4) is 0 Å². The molecule has 8 heteroatoms. The Balaban J connectivity index is 2.68. The summed E-state index contributed by atoms with van der Waals surface area (Å²) in [4.78, 5) is 28.6. The van der Waals surface area contributed by atoms with Gasteiger partial charge in [-0.1, -0.05) is 0 Å². The van der Waals surface area contributed by atoms with E-state index in [9.17, 15) is 9.59 Å². The van der Waals surface area contributed by atoms with Gasteiger partial charge in [0.2, 0.25) is 5.95 Å². The first-order chi connectivity index (χ1) is 9.52. The molecule has 2 rings (SSSR count). The zero-order valence-corrected chi connectivity index (χ0v) is 12.0. The molecular weight excluding hydrogens is 260 g/mol. The van der Waals surface area contributed by atoms with Crippen molar-refractivity contribution in [1.29, 1.82) is 0 Å². The number of hydrogen-bond donors (Lipinski definition) is 2. The Kier molecular flexibility index (Phi) is 3.93. The highest BCUT2D eigenvalue weighted by Gasteiger charge is 2.17. The molecule has 0 amide bonds. The number of rotatable bonds is 5. The highest BCUT2D eigenvalue weighted by atomic mass is 16.2. The second-order valence-electron chi connectivity index (χ2n) is 4.63. The number of nitrogens with one attached hydrogen (secondary N) is 1. The van der Waals surface area contributed by atoms with Gasteiger partial charge in [-0.3, -0.25) is 13.9 Å². The summed E-state index contributed by atoms with van der Waals surface area (Å²) >= 11 is 0. The van der Waals surface area contributed by atoms with Crippen molar-refractivity contribution in [1.82, 2.24) is 18.7 Å². The van der Waals surface area contributed by atoms with Crippen LogP contribution in [0.25, 0.3) is 11.2 Å². The molecule has 2 aromatic heterocycles. The lowest BCUT2D eigenvalue weighted by atomic mass is 10.4. The van der Waals surface area contributed by atoms with Gasteiger partial charge < -0.3 is 15.6 Å². The lowest BCUT2D eigenvalue weighted by molar-refractivity contribution is 0.700. The summed E-state index contributed by atoms with van der Waals surface area (Å²) in [6.45, 7) is 3.78. The Morgan fingerprint density at radius 1 is 1.25 bits per heavy atom. The number of imidazole rings is 1. The summed E-state index contributed by atoms with van der Waals surface area (Å²) in [5.41, 5.74) is 5.59. The fraction of sp³-hybridized carbons (Fsp3) is 0.583. The number of hydrogen-bond acceptors (Lipinski definition) is 5. The van der Waals surface area contributed by atoms with Gasteiger partial charge in [0, 0.05) is 27.2 Å². The van der Waals surface area contributed by atoms with Gasteiger partial charge in [0.05, 0.1) is 0 Å². The van der Waals surface area contributed by atoms with E-state index in [-0.39, 0.29) is 11.2 Å². The van der Waals surface area contributed by atoms with Crippen molar-refractivity contribution in [2.75, 3.05) is 18.4 Å². The fourth-order valence-corrected chi connectivity index (χ4v) is 2.19. The van der Waals surface area contributed by atoms with Crippen LogP contribution in [0.15, 0.2) is 9.59 Å². The van der Waals surface area contributed by atoms with Crippen molar-refractivity contribution in [2.45, 2.75) is 19.9 Å². The molecule has 2 heterocycles. The molecule has 8 nitrogen and oxygen atoms in total. The van der Waals surface area contributed by atoms with Gasteiger partial charge >= 0.3 is 5.69 Å². The topological polar surface area (TPSA) is 99.9 Å². The number of nitrogens with two attached hydrogens (primary N) is 1. The van der Waals surface area contributed by atoms with Crippen LogP contribution >= 0.6 is 0 Å². The summed E-state index contributed by atoms with van der Waals surface area (Å²) in [6.07, 6.45) is 0.809. The van der Waals surface area contributed by atoms with Crippen LogP contribution in [0.4, 0.5) is 5.95 Å². The Morgan fingerprint density at radius 2 is 1.95 bits per heavy atom. The lowest BCUT2D eigenvalue weighted by Gasteiger charge is -2.07. The average molecular weight is 280 g/mol. The first kappa shape index (κ1) is 14.3. The quantitative estimate of drug-likeness (QED) is 0.699. The molecule has 0 saturated heterocycles. The van der Waals surface area contributed by atoms with Gasteiger partial charge in [-0.15, -0.1) is 0 Å². The van der Waals surface area contributed by atoms with Crippen LogP contribution in [-0.4, -0.2) is 31.8 Å². The maximum Gasteiger partial charge on any atom is 0.332 e. The number of anilines is 1. The summed E-state index contributed by atoms with van der Waals surface area (Å²) in [5.74, 6) is 0.592. The predicted octanol–water partition coefficient (Wildman–Crippen LogP) is -0.786. The van der Waals surface area contributed by atoms with Crippen molar-refractivity contribution in [2.24, 2.45) is 19.8 Å². The van der Waals surface area contributed by atoms with E-state index in [2.05, 4.69) is 10.3 Å². The largest absolute Gasteiger partial charge is 0.356 e. The maximum absolute atomic E-state index is 12.3. The maximum atomic E-state index is 12.3. The van der Waals surface area contributed by atoms with E-state index in [0.717, 1.165) is 11.0 Å². The monoisotopic (exact) mass is 280 g/mol. The van der Waals surface area contributed by atoms with E-state index in [0.29, 0.717) is 36.7 Å². The van der Waals surface area contributed by atoms with E-state index < -0.39 is 0 Å². The number of fused-ring (bicyclic) bond motifs is 1. The molecule has 0 aromatic carbocycles. The second kappa shape index (κ2) is 5.49. The summed E-state index contributed by atoms with van der Waals surface area (Å²) in [7, 11) is 3.08. The molecule has 0 aliphatic heterocycles. The van der Waals surface area contributed by atoms with Gasteiger partial charge in [0.15, 0.2) is 11.2 Å². The van der Waals surface area contributed by atoms with Crippen LogP contribution < -0.4 is 22.3 Å². The standard InChI is InChI=1S/C12H20N6O2/c1-4-18-8-9(15-11(18)14-7-5-6-13)16(2)12(20)17(3)10(8)19/h4-7,13H2,1-3H3,(H,14,15). The molecule has 0 atom stereocenters. The molecule has 0 saturated carbocycles. The highest BCUT2D eigenvalue weighted by molar-refractivity contribution is 5.74. The van der Waals surface area contributed by atoms with Crippen LogP contribution in [0.5, 0.6) is 0 Å². The van der Waals surface area contributed by atoms with Crippen molar-refractivity contribution in [3.63, 3.8) is 0 Å². The summed E-state index contributed by atoms with van der Waals surface area (Å²) in [5, 5.41) is 3.16. The summed E-state index contributed by atoms with van der Waals surface area (Å²) in [6, 6.07) is 0. The van der Waals surface area contributed by atoms with E-state index in [4.69, 9.17) is 5.73 Å². The number of nitrogens with zero attached hydrogens (tertiary/aromatic N) is 4. The third kappa shape index (κ3) is 2.11. The van der Waals surface area contributed by atoms with Gasteiger partial charge in [-0.2, -0.15) is 4.98 Å². The molecule has 0 spiro atoms. The van der Waals surface area contributed by atoms with Gasteiger partial charge in [-0.25, -0.2) is 4.79 Å². The van der Waals surface area contributed by atoms with Crippen molar-refractivity contribution < 1.29 is 0 Å². The molecule has 0 aliphatic rings. The van der Waals surface area contributed by atoms with Crippen LogP contribution in [-0.2, 0) is 20.6 Å². The molecular formula is C12H20N6O2. The molecule has 2 aromatic rings. The fourth-order valence-electron chi connectivity index (χ4n) is 2.19. The minimum absolute atomic E-state index is 0.329. The third-order valence-electron chi connectivity index (χ3n) is 3.33. The molecule has 0 aliphatic carbocycles. The average Bonchev–Trinajstić information content (AvgIpc) is 2.82. The molecule has 3 N–H and O–H groups in total. The normalized spacial score (nSPS) is 11.2. The van der Waals surface area contributed by atoms with Gasteiger partial charge in [-0.05, 0) is 19.9 Å². The van der Waals surface area contributed by atoms with Crippen molar-refractivity contribution in [3.05, 3.63) is 20.8 Å². The minimum atomic E-state index is -0.378. The van der Waals surface area contributed by atoms with E-state index >= 15 is 0 Å². The number of aromatic nitrogens is 4. The SMILES string of the molecule is CCn1c(NCCCN)nc2c1c(=O)n(C)c(=O)n2C. The molecule has 0 radical (unpaired) electrons.